The third-order valence-electron chi connectivity index (χ3n) is 6.59. The molecule has 3 aromatic rings. The van der Waals surface area contributed by atoms with E-state index in [2.05, 4.69) is 5.32 Å². The first kappa shape index (κ1) is 30.8. The van der Waals surface area contributed by atoms with Crippen LogP contribution in [-0.2, 0) is 32.6 Å². The van der Waals surface area contributed by atoms with Gasteiger partial charge in [-0.15, -0.1) is 0 Å². The highest BCUT2D eigenvalue weighted by molar-refractivity contribution is 7.92. The first-order chi connectivity index (χ1) is 19.1. The van der Waals surface area contributed by atoms with Gasteiger partial charge in [-0.05, 0) is 60.2 Å². The number of aryl methyl sites for hydroxylation is 1. The van der Waals surface area contributed by atoms with Crippen molar-refractivity contribution in [2.45, 2.75) is 58.0 Å². The van der Waals surface area contributed by atoms with Crippen LogP contribution in [0, 0.1) is 11.7 Å². The first-order valence-electron chi connectivity index (χ1n) is 13.6. The van der Waals surface area contributed by atoms with Crippen molar-refractivity contribution in [3.63, 3.8) is 0 Å². The van der Waals surface area contributed by atoms with Gasteiger partial charge in [0.25, 0.3) is 10.0 Å². The van der Waals surface area contributed by atoms with E-state index in [1.54, 1.807) is 49.4 Å². The highest BCUT2D eigenvalue weighted by Gasteiger charge is 2.34. The van der Waals surface area contributed by atoms with Gasteiger partial charge < -0.3 is 10.2 Å². The lowest BCUT2D eigenvalue weighted by Gasteiger charge is -2.33. The van der Waals surface area contributed by atoms with Crippen molar-refractivity contribution in [1.29, 1.82) is 0 Å². The minimum absolute atomic E-state index is 0.0152. The van der Waals surface area contributed by atoms with Crippen LogP contribution in [0.2, 0.25) is 0 Å². The summed E-state index contributed by atoms with van der Waals surface area (Å²) in [5.41, 5.74) is 1.79. The number of nitrogens with zero attached hydrogens (tertiary/aromatic N) is 2. The number of benzene rings is 3. The molecule has 0 bridgehead atoms. The second kappa shape index (κ2) is 14.1. The maximum atomic E-state index is 14.1. The van der Waals surface area contributed by atoms with E-state index in [0.717, 1.165) is 9.87 Å². The van der Waals surface area contributed by atoms with Crippen LogP contribution in [0.5, 0.6) is 0 Å². The molecule has 1 atom stereocenters. The largest absolute Gasteiger partial charge is 0.354 e. The van der Waals surface area contributed by atoms with E-state index < -0.39 is 34.3 Å². The molecule has 0 heterocycles. The predicted molar refractivity (Wildman–Crippen MR) is 156 cm³/mol. The van der Waals surface area contributed by atoms with Crippen LogP contribution in [0.15, 0.2) is 83.8 Å². The molecule has 0 saturated heterocycles. The van der Waals surface area contributed by atoms with Gasteiger partial charge in [-0.25, -0.2) is 12.8 Å². The molecule has 0 aliphatic heterocycles. The van der Waals surface area contributed by atoms with Crippen LogP contribution >= 0.6 is 0 Å². The number of para-hydroxylation sites is 1. The Kier molecular flexibility index (Phi) is 10.8. The van der Waals surface area contributed by atoms with Crippen LogP contribution < -0.4 is 9.62 Å². The molecule has 0 radical (unpaired) electrons. The molecular formula is C31H38FN3O4S. The van der Waals surface area contributed by atoms with Crippen LogP contribution in [0.4, 0.5) is 10.1 Å². The van der Waals surface area contributed by atoms with Gasteiger partial charge in [0.2, 0.25) is 11.8 Å². The molecule has 0 saturated carbocycles. The molecule has 0 fully saturated rings. The normalized spacial score (nSPS) is 12.2. The Balaban J connectivity index is 2.06. The number of halogens is 1. The fourth-order valence-corrected chi connectivity index (χ4v) is 5.89. The lowest BCUT2D eigenvalue weighted by molar-refractivity contribution is -0.140. The predicted octanol–water partition coefficient (Wildman–Crippen LogP) is 5.16. The van der Waals surface area contributed by atoms with Crippen molar-refractivity contribution in [2.24, 2.45) is 5.92 Å². The van der Waals surface area contributed by atoms with Crippen LogP contribution in [0.25, 0.3) is 0 Å². The average molecular weight is 568 g/mol. The van der Waals surface area contributed by atoms with E-state index in [0.29, 0.717) is 30.6 Å². The minimum atomic E-state index is -4.13. The SMILES string of the molecule is CCc1ccccc1N(CC(=O)N(Cc1ccc(F)cc1)C(CC)C(=O)NCC(C)C)S(=O)(=O)c1ccccc1. The van der Waals surface area contributed by atoms with Gasteiger partial charge in [0, 0.05) is 13.1 Å². The van der Waals surface area contributed by atoms with Gasteiger partial charge in [0.15, 0.2) is 0 Å². The average Bonchev–Trinajstić information content (AvgIpc) is 2.95. The Morgan fingerprint density at radius 1 is 0.900 bits per heavy atom. The molecule has 1 N–H and O–H groups in total. The van der Waals surface area contributed by atoms with Crippen LogP contribution in [0.1, 0.15) is 45.2 Å². The number of hydrogen-bond donors (Lipinski definition) is 1. The summed E-state index contributed by atoms with van der Waals surface area (Å²) in [7, 11) is -4.13. The molecule has 0 spiro atoms. The number of hydrogen-bond acceptors (Lipinski definition) is 4. The maximum absolute atomic E-state index is 14.1. The molecule has 214 valence electrons. The summed E-state index contributed by atoms with van der Waals surface area (Å²) >= 11 is 0. The third-order valence-corrected chi connectivity index (χ3v) is 8.36. The van der Waals surface area contributed by atoms with Gasteiger partial charge in [0.05, 0.1) is 10.6 Å². The molecule has 9 heteroatoms. The number of anilines is 1. The van der Waals surface area contributed by atoms with Crippen molar-refractivity contribution in [1.82, 2.24) is 10.2 Å². The molecule has 0 aliphatic carbocycles. The number of sulfonamides is 1. The summed E-state index contributed by atoms with van der Waals surface area (Å²) in [5, 5.41) is 2.90. The number of rotatable bonds is 13. The summed E-state index contributed by atoms with van der Waals surface area (Å²) in [6, 6.07) is 19.9. The highest BCUT2D eigenvalue weighted by atomic mass is 32.2. The first-order valence-corrected chi connectivity index (χ1v) is 15.0. The molecule has 40 heavy (non-hydrogen) atoms. The molecule has 3 aromatic carbocycles. The second-order valence-corrected chi connectivity index (χ2v) is 11.9. The fraction of sp³-hybridized carbons (Fsp3) is 0.355. The lowest BCUT2D eigenvalue weighted by atomic mass is 10.1. The van der Waals surface area contributed by atoms with Crippen molar-refractivity contribution >= 4 is 27.5 Å². The van der Waals surface area contributed by atoms with Crippen LogP contribution in [0.3, 0.4) is 0 Å². The minimum Gasteiger partial charge on any atom is -0.354 e. The molecule has 1 unspecified atom stereocenters. The van der Waals surface area contributed by atoms with Crippen molar-refractivity contribution < 1.29 is 22.4 Å². The molecule has 7 nitrogen and oxygen atoms in total. The maximum Gasteiger partial charge on any atom is 0.264 e. The summed E-state index contributed by atoms with van der Waals surface area (Å²) in [6.45, 7) is 7.60. The number of carbonyl (C=O) groups is 2. The van der Waals surface area contributed by atoms with E-state index in [-0.39, 0.29) is 23.3 Å². The standard InChI is InChI=1S/C31H38FN3O4S/c1-5-25-12-10-11-15-29(25)35(40(38,39)27-13-8-7-9-14-27)22-30(36)34(21-24-16-18-26(32)19-17-24)28(6-2)31(37)33-20-23(3)4/h7-19,23,28H,5-6,20-22H2,1-4H3,(H,33,37). The van der Waals surface area contributed by atoms with Gasteiger partial charge in [-0.3, -0.25) is 13.9 Å². The van der Waals surface area contributed by atoms with Gasteiger partial charge in [-0.2, -0.15) is 0 Å². The lowest BCUT2D eigenvalue weighted by Crippen LogP contribution is -2.52. The molecule has 0 aliphatic rings. The summed E-state index contributed by atoms with van der Waals surface area (Å²) in [6.07, 6.45) is 0.869. The van der Waals surface area contributed by atoms with Crippen molar-refractivity contribution in [3.8, 4) is 0 Å². The molecule has 3 rings (SSSR count). The number of amides is 2. The van der Waals surface area contributed by atoms with Gasteiger partial charge >= 0.3 is 0 Å². The Morgan fingerprint density at radius 3 is 2.12 bits per heavy atom. The third kappa shape index (κ3) is 7.69. The van der Waals surface area contributed by atoms with Crippen LogP contribution in [-0.4, -0.2) is 44.3 Å². The Labute approximate surface area is 237 Å². The van der Waals surface area contributed by atoms with Crippen molar-refractivity contribution in [2.75, 3.05) is 17.4 Å². The van der Waals surface area contributed by atoms with Gasteiger partial charge in [0.1, 0.15) is 18.4 Å². The summed E-state index contributed by atoms with van der Waals surface area (Å²) < 4.78 is 42.6. The number of nitrogens with one attached hydrogen (secondary N) is 1. The smallest absolute Gasteiger partial charge is 0.264 e. The zero-order valence-electron chi connectivity index (χ0n) is 23.5. The fourth-order valence-electron chi connectivity index (χ4n) is 4.41. The van der Waals surface area contributed by atoms with Crippen molar-refractivity contribution in [3.05, 3.63) is 95.8 Å². The van der Waals surface area contributed by atoms with Gasteiger partial charge in [-0.1, -0.05) is 76.2 Å². The second-order valence-electron chi connectivity index (χ2n) is 10.0. The zero-order valence-corrected chi connectivity index (χ0v) is 24.3. The molecule has 2 amide bonds. The van der Waals surface area contributed by atoms with E-state index >= 15 is 0 Å². The monoisotopic (exact) mass is 567 g/mol. The Bertz CT molecular complexity index is 1380. The van der Waals surface area contributed by atoms with E-state index in [1.807, 2.05) is 32.9 Å². The number of carbonyl (C=O) groups excluding carboxylic acids is 2. The summed E-state index contributed by atoms with van der Waals surface area (Å²) in [4.78, 5) is 28.8. The Hall–Kier alpha value is -3.72. The summed E-state index contributed by atoms with van der Waals surface area (Å²) in [5.74, 6) is -1.07. The molecular weight excluding hydrogens is 529 g/mol. The van der Waals surface area contributed by atoms with E-state index in [9.17, 15) is 22.4 Å². The quantitative estimate of drug-likeness (QED) is 0.309. The Morgan fingerprint density at radius 2 is 1.52 bits per heavy atom. The molecule has 0 aromatic heterocycles. The zero-order chi connectivity index (χ0) is 29.3. The topological polar surface area (TPSA) is 86.8 Å². The highest BCUT2D eigenvalue weighted by Crippen LogP contribution is 2.28. The van der Waals surface area contributed by atoms with E-state index in [1.165, 1.54) is 29.2 Å². The van der Waals surface area contributed by atoms with E-state index in [4.69, 9.17) is 0 Å².